The van der Waals surface area contributed by atoms with Gasteiger partial charge in [0, 0.05) is 30.5 Å². The number of nitrogens with one attached hydrogen (secondary N) is 1. The van der Waals surface area contributed by atoms with E-state index in [1.807, 2.05) is 35.1 Å². The highest BCUT2D eigenvalue weighted by atomic mass is 16.5. The van der Waals surface area contributed by atoms with Crippen molar-refractivity contribution in [2.24, 2.45) is 0 Å². The van der Waals surface area contributed by atoms with Crippen LogP contribution in [0.3, 0.4) is 0 Å². The van der Waals surface area contributed by atoms with Gasteiger partial charge in [0.25, 0.3) is 0 Å². The van der Waals surface area contributed by atoms with Gasteiger partial charge < -0.3 is 14.8 Å². The van der Waals surface area contributed by atoms with Crippen molar-refractivity contribution in [3.8, 4) is 11.5 Å². The maximum absolute atomic E-state index is 5.91. The Morgan fingerprint density at radius 3 is 3.00 bits per heavy atom. The molecule has 112 valence electrons. The average Bonchev–Trinajstić information content (AvgIpc) is 3.20. The molecule has 2 aromatic rings. The van der Waals surface area contributed by atoms with E-state index in [-0.39, 0.29) is 0 Å². The first-order valence-electron chi connectivity index (χ1n) is 7.35. The van der Waals surface area contributed by atoms with Gasteiger partial charge in [0.2, 0.25) is 0 Å². The standard InChI is InChI=1S/C16H21N3O2/c1-20-15-5-6-16(13(11-15)12-17-14-3-4-14)21-10-9-19-8-2-7-18-19/h2,5-8,11,14,17H,3-4,9-10,12H2,1H3. The van der Waals surface area contributed by atoms with E-state index in [0.717, 1.165) is 30.2 Å². The summed E-state index contributed by atoms with van der Waals surface area (Å²) in [6, 6.07) is 8.54. The largest absolute Gasteiger partial charge is 0.497 e. The lowest BCUT2D eigenvalue weighted by Gasteiger charge is -2.13. The number of hydrogen-bond acceptors (Lipinski definition) is 4. The zero-order valence-corrected chi connectivity index (χ0v) is 12.3. The second-order valence-electron chi connectivity index (χ2n) is 5.25. The molecule has 0 spiro atoms. The topological polar surface area (TPSA) is 48.3 Å². The summed E-state index contributed by atoms with van der Waals surface area (Å²) >= 11 is 0. The summed E-state index contributed by atoms with van der Waals surface area (Å²) in [5, 5.41) is 7.68. The van der Waals surface area contributed by atoms with E-state index >= 15 is 0 Å². The molecule has 1 aromatic carbocycles. The zero-order chi connectivity index (χ0) is 14.5. The Morgan fingerprint density at radius 2 is 2.29 bits per heavy atom. The molecular formula is C16H21N3O2. The number of rotatable bonds is 8. The number of hydrogen-bond donors (Lipinski definition) is 1. The van der Waals surface area contributed by atoms with E-state index in [0.29, 0.717) is 12.6 Å². The van der Waals surface area contributed by atoms with Crippen LogP contribution < -0.4 is 14.8 Å². The summed E-state index contributed by atoms with van der Waals surface area (Å²) in [5.41, 5.74) is 1.14. The molecule has 1 saturated carbocycles. The van der Waals surface area contributed by atoms with Crippen LogP contribution in [0.5, 0.6) is 11.5 Å². The first-order valence-corrected chi connectivity index (χ1v) is 7.35. The Hall–Kier alpha value is -2.01. The van der Waals surface area contributed by atoms with Crippen LogP contribution in [0.25, 0.3) is 0 Å². The molecule has 0 atom stereocenters. The van der Waals surface area contributed by atoms with Crippen molar-refractivity contribution >= 4 is 0 Å². The summed E-state index contributed by atoms with van der Waals surface area (Å²) in [6.45, 7) is 2.16. The fraction of sp³-hybridized carbons (Fsp3) is 0.438. The molecule has 0 unspecified atom stereocenters. The van der Waals surface area contributed by atoms with Gasteiger partial charge in [-0.1, -0.05) is 0 Å². The van der Waals surface area contributed by atoms with Gasteiger partial charge in [-0.3, -0.25) is 4.68 Å². The first kappa shape index (κ1) is 13.9. The van der Waals surface area contributed by atoms with Gasteiger partial charge in [-0.15, -0.1) is 0 Å². The van der Waals surface area contributed by atoms with Crippen LogP contribution in [-0.4, -0.2) is 29.5 Å². The molecule has 21 heavy (non-hydrogen) atoms. The molecule has 0 radical (unpaired) electrons. The molecule has 0 saturated heterocycles. The normalized spacial score (nSPS) is 14.1. The second-order valence-corrected chi connectivity index (χ2v) is 5.25. The number of aromatic nitrogens is 2. The predicted molar refractivity (Wildman–Crippen MR) is 80.6 cm³/mol. The van der Waals surface area contributed by atoms with Gasteiger partial charge >= 0.3 is 0 Å². The van der Waals surface area contributed by atoms with Gasteiger partial charge in [-0.25, -0.2) is 0 Å². The summed E-state index contributed by atoms with van der Waals surface area (Å²) < 4.78 is 13.1. The molecule has 1 aliphatic rings. The molecule has 0 aliphatic heterocycles. The van der Waals surface area contributed by atoms with E-state index in [2.05, 4.69) is 10.4 Å². The molecule has 1 N–H and O–H groups in total. The van der Waals surface area contributed by atoms with E-state index in [1.165, 1.54) is 12.8 Å². The van der Waals surface area contributed by atoms with Crippen LogP contribution >= 0.6 is 0 Å². The van der Waals surface area contributed by atoms with Crippen LogP contribution in [0.4, 0.5) is 0 Å². The third-order valence-corrected chi connectivity index (χ3v) is 3.56. The minimum absolute atomic E-state index is 0.602. The Kier molecular flexibility index (Phi) is 4.40. The Labute approximate surface area is 124 Å². The predicted octanol–water partition coefficient (Wildman–Crippen LogP) is 2.22. The van der Waals surface area contributed by atoms with Crippen LogP contribution in [0.1, 0.15) is 18.4 Å². The lowest BCUT2D eigenvalue weighted by atomic mass is 10.2. The number of methoxy groups -OCH3 is 1. The summed E-state index contributed by atoms with van der Waals surface area (Å²) in [6.07, 6.45) is 6.27. The number of benzene rings is 1. The minimum atomic E-state index is 0.602. The van der Waals surface area contributed by atoms with Crippen molar-refractivity contribution in [3.63, 3.8) is 0 Å². The zero-order valence-electron chi connectivity index (χ0n) is 12.3. The third-order valence-electron chi connectivity index (χ3n) is 3.56. The molecule has 0 amide bonds. The van der Waals surface area contributed by atoms with Gasteiger partial charge in [0.15, 0.2) is 0 Å². The monoisotopic (exact) mass is 287 g/mol. The van der Waals surface area contributed by atoms with Crippen molar-refractivity contribution in [2.75, 3.05) is 13.7 Å². The third kappa shape index (κ3) is 3.98. The molecule has 5 heteroatoms. The van der Waals surface area contributed by atoms with Crippen molar-refractivity contribution < 1.29 is 9.47 Å². The second kappa shape index (κ2) is 6.63. The molecule has 5 nitrogen and oxygen atoms in total. The molecule has 3 rings (SSSR count). The van der Waals surface area contributed by atoms with Gasteiger partial charge in [-0.2, -0.15) is 5.10 Å². The summed E-state index contributed by atoms with van der Waals surface area (Å²) in [7, 11) is 1.69. The highest BCUT2D eigenvalue weighted by Crippen LogP contribution is 2.26. The smallest absolute Gasteiger partial charge is 0.124 e. The molecule has 1 aliphatic carbocycles. The van der Waals surface area contributed by atoms with Crippen LogP contribution in [0.15, 0.2) is 36.7 Å². The maximum Gasteiger partial charge on any atom is 0.124 e. The maximum atomic E-state index is 5.91. The van der Waals surface area contributed by atoms with Crippen LogP contribution in [-0.2, 0) is 13.1 Å². The average molecular weight is 287 g/mol. The van der Waals surface area contributed by atoms with Gasteiger partial charge in [-0.05, 0) is 37.1 Å². The van der Waals surface area contributed by atoms with Crippen LogP contribution in [0, 0.1) is 0 Å². The highest BCUT2D eigenvalue weighted by molar-refractivity contribution is 5.40. The van der Waals surface area contributed by atoms with Crippen LogP contribution in [0.2, 0.25) is 0 Å². The number of nitrogens with zero attached hydrogens (tertiary/aromatic N) is 2. The molecule has 1 heterocycles. The summed E-state index contributed by atoms with van der Waals surface area (Å²) in [5.74, 6) is 1.78. The molecule has 1 aromatic heterocycles. The van der Waals surface area contributed by atoms with Crippen molar-refractivity contribution in [3.05, 3.63) is 42.2 Å². The van der Waals surface area contributed by atoms with Crippen molar-refractivity contribution in [1.29, 1.82) is 0 Å². The van der Waals surface area contributed by atoms with Gasteiger partial charge in [0.1, 0.15) is 18.1 Å². The highest BCUT2D eigenvalue weighted by Gasteiger charge is 2.20. The van der Waals surface area contributed by atoms with Crippen molar-refractivity contribution in [2.45, 2.75) is 32.0 Å². The number of ether oxygens (including phenoxy) is 2. The van der Waals surface area contributed by atoms with E-state index in [9.17, 15) is 0 Å². The molecule has 1 fully saturated rings. The fourth-order valence-corrected chi connectivity index (χ4v) is 2.19. The summed E-state index contributed by atoms with van der Waals surface area (Å²) in [4.78, 5) is 0. The quantitative estimate of drug-likeness (QED) is 0.809. The molecular weight excluding hydrogens is 266 g/mol. The Morgan fingerprint density at radius 1 is 1.38 bits per heavy atom. The first-order chi connectivity index (χ1) is 10.3. The van der Waals surface area contributed by atoms with Gasteiger partial charge in [0.05, 0.1) is 13.7 Å². The molecule has 0 bridgehead atoms. The van der Waals surface area contributed by atoms with Crippen molar-refractivity contribution in [1.82, 2.24) is 15.1 Å². The lowest BCUT2D eigenvalue weighted by molar-refractivity contribution is 0.287. The van der Waals surface area contributed by atoms with E-state index in [4.69, 9.17) is 9.47 Å². The SMILES string of the molecule is COc1ccc(OCCn2cccn2)c(CNC2CC2)c1. The Bertz CT molecular complexity index is 565. The minimum Gasteiger partial charge on any atom is -0.497 e. The van der Waals surface area contributed by atoms with E-state index < -0.39 is 0 Å². The van der Waals surface area contributed by atoms with E-state index in [1.54, 1.807) is 13.3 Å². The lowest BCUT2D eigenvalue weighted by Crippen LogP contribution is -2.17. The fourth-order valence-electron chi connectivity index (χ4n) is 2.19. The Balaban J connectivity index is 1.60.